The van der Waals surface area contributed by atoms with E-state index in [0.717, 1.165) is 29.9 Å². The van der Waals surface area contributed by atoms with Gasteiger partial charge in [-0.15, -0.1) is 0 Å². The quantitative estimate of drug-likeness (QED) is 0.403. The van der Waals surface area contributed by atoms with Gasteiger partial charge in [-0.2, -0.15) is 0 Å². The molecule has 2 heterocycles. The third-order valence-corrected chi connectivity index (χ3v) is 7.10. The van der Waals surface area contributed by atoms with Crippen molar-refractivity contribution >= 4 is 11.9 Å². The van der Waals surface area contributed by atoms with Crippen LogP contribution in [-0.2, 0) is 14.3 Å². The molecule has 192 valence electrons. The number of rotatable bonds is 7. The number of ether oxygens (including phenoxy) is 1. The highest BCUT2D eigenvalue weighted by atomic mass is 19.1. The van der Waals surface area contributed by atoms with Crippen LogP contribution in [0.2, 0.25) is 0 Å². The van der Waals surface area contributed by atoms with Crippen molar-refractivity contribution in [2.24, 2.45) is 5.92 Å². The third kappa shape index (κ3) is 6.98. The molecule has 2 atom stereocenters. The molecule has 2 saturated heterocycles. The topological polar surface area (TPSA) is 87.1 Å². The maximum absolute atomic E-state index is 13.4. The molecule has 2 aliphatic heterocycles. The van der Waals surface area contributed by atoms with Crippen molar-refractivity contribution in [3.05, 3.63) is 82.9 Å². The van der Waals surface area contributed by atoms with Crippen molar-refractivity contribution in [3.63, 3.8) is 0 Å². The van der Waals surface area contributed by atoms with E-state index >= 15 is 0 Å². The van der Waals surface area contributed by atoms with Crippen LogP contribution in [-0.4, -0.2) is 52.3 Å². The first-order chi connectivity index (χ1) is 17.3. The molecule has 36 heavy (non-hydrogen) atoms. The van der Waals surface area contributed by atoms with E-state index in [-0.39, 0.29) is 17.7 Å². The van der Waals surface area contributed by atoms with Crippen molar-refractivity contribution < 1.29 is 33.3 Å². The Labute approximate surface area is 209 Å². The Morgan fingerprint density at radius 2 is 1.33 bits per heavy atom. The molecule has 2 N–H and O–H groups in total. The lowest BCUT2D eigenvalue weighted by Gasteiger charge is -2.36. The molecule has 0 radical (unpaired) electrons. The monoisotopic (exact) mass is 499 g/mol. The fourth-order valence-electron chi connectivity index (χ4n) is 5.13. The second-order valence-corrected chi connectivity index (χ2v) is 9.72. The van der Waals surface area contributed by atoms with Crippen LogP contribution >= 0.6 is 0 Å². The second-order valence-electron chi connectivity index (χ2n) is 9.72. The minimum atomic E-state index is -1.82. The number of fused-ring (bicyclic) bond motifs is 2. The zero-order valence-electron chi connectivity index (χ0n) is 20.0. The highest BCUT2D eigenvalue weighted by Gasteiger charge is 2.40. The Balaban J connectivity index is 0.000000455. The van der Waals surface area contributed by atoms with Gasteiger partial charge in [0.1, 0.15) is 17.7 Å². The first-order valence-electron chi connectivity index (χ1n) is 12.3. The van der Waals surface area contributed by atoms with Gasteiger partial charge < -0.3 is 14.9 Å². The molecule has 0 unspecified atom stereocenters. The van der Waals surface area contributed by atoms with Crippen LogP contribution in [0.4, 0.5) is 8.78 Å². The summed E-state index contributed by atoms with van der Waals surface area (Å²) in [4.78, 5) is 21.0. The number of aliphatic carboxylic acids is 2. The molecular weight excluding hydrogens is 468 g/mol. The molecule has 2 aromatic carbocycles. The number of carbonyl (C=O) groups is 2. The van der Waals surface area contributed by atoms with Crippen molar-refractivity contribution in [2.75, 3.05) is 13.2 Å². The summed E-state index contributed by atoms with van der Waals surface area (Å²) in [5.74, 6) is -3.24. The minimum Gasteiger partial charge on any atom is -0.473 e. The van der Waals surface area contributed by atoms with Gasteiger partial charge in [-0.25, -0.2) is 18.4 Å². The van der Waals surface area contributed by atoms with E-state index in [1.165, 1.54) is 62.1 Å². The summed E-state index contributed by atoms with van der Waals surface area (Å²) < 4.78 is 33.0. The summed E-state index contributed by atoms with van der Waals surface area (Å²) in [5, 5.41) is 14.8. The van der Waals surface area contributed by atoms with Crippen LogP contribution in [0.3, 0.4) is 0 Å². The zero-order valence-corrected chi connectivity index (χ0v) is 20.0. The van der Waals surface area contributed by atoms with E-state index in [0.29, 0.717) is 18.7 Å². The number of nitrogens with zero attached hydrogens (tertiary/aromatic N) is 1. The first-order valence-corrected chi connectivity index (χ1v) is 12.3. The van der Waals surface area contributed by atoms with Gasteiger partial charge in [-0.3, -0.25) is 4.90 Å². The summed E-state index contributed by atoms with van der Waals surface area (Å²) in [6.45, 7) is 1.81. The average molecular weight is 500 g/mol. The Bertz CT molecular complexity index is 1010. The molecule has 3 fully saturated rings. The van der Waals surface area contributed by atoms with Crippen molar-refractivity contribution in [1.29, 1.82) is 0 Å². The summed E-state index contributed by atoms with van der Waals surface area (Å²) >= 11 is 0. The van der Waals surface area contributed by atoms with Gasteiger partial charge in [0.05, 0.1) is 6.61 Å². The lowest BCUT2D eigenvalue weighted by Crippen LogP contribution is -2.41. The molecule has 2 aromatic rings. The Morgan fingerprint density at radius 3 is 1.75 bits per heavy atom. The normalized spacial score (nSPS) is 22.4. The molecule has 0 aromatic heterocycles. The van der Waals surface area contributed by atoms with Crippen LogP contribution in [0.25, 0.3) is 0 Å². The van der Waals surface area contributed by atoms with E-state index in [1.807, 2.05) is 0 Å². The number of carboxylic acid groups (broad SMARTS) is 2. The Kier molecular flexibility index (Phi) is 8.48. The minimum absolute atomic E-state index is 0.271. The fraction of sp³-hybridized carbons (Fsp3) is 0.429. The van der Waals surface area contributed by atoms with Crippen LogP contribution < -0.4 is 0 Å². The van der Waals surface area contributed by atoms with Crippen LogP contribution in [0.15, 0.2) is 60.2 Å². The third-order valence-electron chi connectivity index (χ3n) is 7.10. The molecule has 1 aliphatic carbocycles. The predicted octanol–water partition coefficient (Wildman–Crippen LogP) is 5.19. The second kappa shape index (κ2) is 11.8. The number of benzene rings is 2. The maximum Gasteiger partial charge on any atom is 0.414 e. The van der Waals surface area contributed by atoms with E-state index < -0.39 is 11.9 Å². The van der Waals surface area contributed by atoms with Gasteiger partial charge >= 0.3 is 11.9 Å². The SMILES string of the molecule is Fc1ccc(C(OCC=C2C[C@H]3CC[C@@H](C2)N3CC2CC2)c2ccc(F)cc2)cc1.O=C(O)C(=O)O. The standard InChI is InChI=1S/C26H29F2NO.C2H2O4/c27-22-7-3-20(4-8-22)26(21-5-9-23(28)10-6-21)30-14-13-19-15-24-11-12-25(16-19)29(24)17-18-1-2-18;3-1(4)2(5)6/h3-10,13,18,24-26H,1-2,11-12,14-17H2;(H,3,4)(H,5,6)/t24-,25+;. The molecule has 3 aliphatic rings. The first kappa shape index (κ1) is 26.0. The highest BCUT2D eigenvalue weighted by molar-refractivity contribution is 6.27. The molecular formula is C28H31F2NO5. The number of hydrogen-bond acceptors (Lipinski definition) is 4. The van der Waals surface area contributed by atoms with Gasteiger partial charge in [-0.1, -0.05) is 35.9 Å². The summed E-state index contributed by atoms with van der Waals surface area (Å²) in [6.07, 6.45) is 9.71. The molecule has 0 spiro atoms. The number of halogens is 2. The van der Waals surface area contributed by atoms with Gasteiger partial charge in [0.15, 0.2) is 0 Å². The van der Waals surface area contributed by atoms with Gasteiger partial charge in [0.25, 0.3) is 0 Å². The van der Waals surface area contributed by atoms with E-state index in [9.17, 15) is 8.78 Å². The molecule has 6 nitrogen and oxygen atoms in total. The largest absolute Gasteiger partial charge is 0.473 e. The van der Waals surface area contributed by atoms with Crippen molar-refractivity contribution in [1.82, 2.24) is 4.90 Å². The van der Waals surface area contributed by atoms with Gasteiger partial charge in [0.2, 0.25) is 0 Å². The Morgan fingerprint density at radius 1 is 0.861 bits per heavy atom. The molecule has 2 bridgehead atoms. The number of hydrogen-bond donors (Lipinski definition) is 2. The zero-order chi connectivity index (χ0) is 25.7. The van der Waals surface area contributed by atoms with Crippen LogP contribution in [0.5, 0.6) is 0 Å². The van der Waals surface area contributed by atoms with Gasteiger partial charge in [0, 0.05) is 18.6 Å². The van der Waals surface area contributed by atoms with Gasteiger partial charge in [-0.05, 0) is 79.8 Å². The fourth-order valence-corrected chi connectivity index (χ4v) is 5.13. The molecule has 5 rings (SSSR count). The molecule has 1 saturated carbocycles. The number of piperidine rings is 1. The van der Waals surface area contributed by atoms with Crippen molar-refractivity contribution in [2.45, 2.75) is 56.7 Å². The van der Waals surface area contributed by atoms with E-state index in [1.54, 1.807) is 24.3 Å². The summed E-state index contributed by atoms with van der Waals surface area (Å²) in [7, 11) is 0. The average Bonchev–Trinajstić information content (AvgIpc) is 3.64. The molecule has 8 heteroatoms. The smallest absolute Gasteiger partial charge is 0.414 e. The van der Waals surface area contributed by atoms with E-state index in [2.05, 4.69) is 11.0 Å². The van der Waals surface area contributed by atoms with E-state index in [4.69, 9.17) is 24.5 Å². The van der Waals surface area contributed by atoms with Crippen LogP contribution in [0.1, 0.15) is 55.8 Å². The van der Waals surface area contributed by atoms with Crippen molar-refractivity contribution in [3.8, 4) is 0 Å². The molecule has 0 amide bonds. The summed E-state index contributed by atoms with van der Waals surface area (Å²) in [6, 6.07) is 14.2. The highest BCUT2D eigenvalue weighted by Crippen LogP contribution is 2.41. The predicted molar refractivity (Wildman–Crippen MR) is 129 cm³/mol. The Hall–Kier alpha value is -3.10. The van der Waals surface area contributed by atoms with Crippen LogP contribution in [0, 0.1) is 17.6 Å². The summed E-state index contributed by atoms with van der Waals surface area (Å²) in [5.41, 5.74) is 3.26. The number of carboxylic acids is 2. The lowest BCUT2D eigenvalue weighted by atomic mass is 9.96. The maximum atomic E-state index is 13.4. The lowest BCUT2D eigenvalue weighted by molar-refractivity contribution is -0.159.